The van der Waals surface area contributed by atoms with Gasteiger partial charge in [-0.15, -0.1) is 0 Å². The topological polar surface area (TPSA) is 262 Å². The van der Waals surface area contributed by atoms with Crippen LogP contribution >= 0.6 is 0 Å². The molecular formula is C46H74O16. The number of aliphatic hydroxyl groups excluding tert-OH is 9. The molecule has 0 aromatic rings. The van der Waals surface area contributed by atoms with Crippen LogP contribution in [0.4, 0.5) is 0 Å². The number of unbranched alkanes of at least 4 members (excludes halogenated alkanes) is 1. The number of ether oxygens (including phenoxy) is 5. The van der Waals surface area contributed by atoms with E-state index in [1.807, 2.05) is 13.8 Å². The van der Waals surface area contributed by atoms with Gasteiger partial charge in [0.1, 0.15) is 42.7 Å². The summed E-state index contributed by atoms with van der Waals surface area (Å²) in [6.07, 6.45) is -10.0. The van der Waals surface area contributed by atoms with Gasteiger partial charge in [-0.25, -0.2) is 4.79 Å². The van der Waals surface area contributed by atoms with Gasteiger partial charge in [-0.3, -0.25) is 4.79 Å². The second-order valence-electron chi connectivity index (χ2n) is 21.3. The summed E-state index contributed by atoms with van der Waals surface area (Å²) >= 11 is 0. The Morgan fingerprint density at radius 2 is 1.48 bits per heavy atom. The molecule has 0 bridgehead atoms. The Labute approximate surface area is 364 Å². The highest BCUT2D eigenvalue weighted by Gasteiger charge is 2.72. The van der Waals surface area contributed by atoms with Crippen LogP contribution in [0.3, 0.4) is 0 Å². The van der Waals surface area contributed by atoms with Crippen molar-refractivity contribution >= 4 is 11.9 Å². The van der Waals surface area contributed by atoms with Crippen molar-refractivity contribution in [2.75, 3.05) is 19.8 Å². The molecule has 6 fully saturated rings. The van der Waals surface area contributed by atoms with Crippen molar-refractivity contribution in [3.63, 3.8) is 0 Å². The van der Waals surface area contributed by atoms with Crippen LogP contribution < -0.4 is 0 Å². The predicted molar refractivity (Wildman–Crippen MR) is 219 cm³/mol. The van der Waals surface area contributed by atoms with Gasteiger partial charge >= 0.3 is 11.9 Å². The van der Waals surface area contributed by atoms with E-state index in [0.29, 0.717) is 50.9 Å². The van der Waals surface area contributed by atoms with E-state index in [2.05, 4.69) is 40.7 Å². The number of rotatable bonds is 10. The molecule has 0 radical (unpaired) electrons. The zero-order chi connectivity index (χ0) is 45.5. The van der Waals surface area contributed by atoms with E-state index in [-0.39, 0.29) is 47.7 Å². The molecule has 62 heavy (non-hydrogen) atoms. The molecule has 7 rings (SSSR count). The third-order valence-electron chi connectivity index (χ3n) is 18.3. The second-order valence-corrected chi connectivity index (χ2v) is 21.3. The quantitative estimate of drug-likeness (QED) is 0.0651. The van der Waals surface area contributed by atoms with Gasteiger partial charge < -0.3 is 69.6 Å². The smallest absolute Gasteiger partial charge is 0.338 e. The molecule has 2 heterocycles. The van der Waals surface area contributed by atoms with Crippen LogP contribution in [0, 0.1) is 56.7 Å². The first-order valence-corrected chi connectivity index (χ1v) is 23.1. The molecule has 0 aromatic heterocycles. The molecule has 1 unspecified atom stereocenters. The van der Waals surface area contributed by atoms with Crippen LogP contribution in [0.15, 0.2) is 11.6 Å². The van der Waals surface area contributed by atoms with Crippen LogP contribution in [0.2, 0.25) is 0 Å². The summed E-state index contributed by atoms with van der Waals surface area (Å²) in [6.45, 7) is 14.1. The summed E-state index contributed by atoms with van der Waals surface area (Å²) < 4.78 is 29.1. The summed E-state index contributed by atoms with van der Waals surface area (Å²) in [5.74, 6) is -1.39. The molecule has 16 nitrogen and oxygen atoms in total. The number of hydrogen-bond donors (Lipinski definition) is 9. The molecule has 4 saturated carbocycles. The Morgan fingerprint density at radius 3 is 2.15 bits per heavy atom. The SMILES string of the molecule is CCCCOC(=O)[C@H]1OC(O[C@H]2[C@H](O)C[C@@]3(C)[C@@H](CC[C@]4(C)[C@@H]3CC=C3[C@@H]5[C@@H](C)[C@H](C)CC[C@]5(C(=O)O[C@@H]5O[C@H](CO)[C@@H](O)[C@H](O)[C@H]5O)CC[C@]34C)[C@]2(C)CO)[C@H](O)[C@@H](O)[C@@H]1O. The average molecular weight is 883 g/mol. The first-order valence-electron chi connectivity index (χ1n) is 23.1. The van der Waals surface area contributed by atoms with E-state index in [1.54, 1.807) is 0 Å². The normalized spacial score (nSPS) is 52.6. The molecule has 354 valence electrons. The van der Waals surface area contributed by atoms with Crippen molar-refractivity contribution < 1.29 is 79.2 Å². The summed E-state index contributed by atoms with van der Waals surface area (Å²) in [5.41, 5.74) is -2.01. The molecule has 22 atom stereocenters. The Kier molecular flexibility index (Phi) is 13.5. The van der Waals surface area contributed by atoms with Crippen molar-refractivity contribution in [1.82, 2.24) is 0 Å². The molecular weight excluding hydrogens is 808 g/mol. The molecule has 5 aliphatic carbocycles. The Morgan fingerprint density at radius 1 is 0.806 bits per heavy atom. The summed E-state index contributed by atoms with van der Waals surface area (Å²) in [6, 6.07) is 0. The van der Waals surface area contributed by atoms with Gasteiger partial charge in [0.05, 0.1) is 37.4 Å². The zero-order valence-corrected chi connectivity index (χ0v) is 37.5. The second kappa shape index (κ2) is 17.4. The minimum Gasteiger partial charge on any atom is -0.464 e. The fraction of sp³-hybridized carbons (Fsp3) is 0.913. The lowest BCUT2D eigenvalue weighted by Gasteiger charge is -2.72. The molecule has 2 saturated heterocycles. The van der Waals surface area contributed by atoms with Crippen LogP contribution in [0.5, 0.6) is 0 Å². The van der Waals surface area contributed by atoms with E-state index in [0.717, 1.165) is 19.3 Å². The van der Waals surface area contributed by atoms with E-state index < -0.39 is 108 Å². The highest BCUT2D eigenvalue weighted by Crippen LogP contribution is 2.76. The number of aliphatic hydroxyl groups is 9. The van der Waals surface area contributed by atoms with Crippen molar-refractivity contribution in [1.29, 1.82) is 0 Å². The maximum Gasteiger partial charge on any atom is 0.338 e. The monoisotopic (exact) mass is 882 g/mol. The van der Waals surface area contributed by atoms with Crippen LogP contribution in [0.25, 0.3) is 0 Å². The third kappa shape index (κ3) is 7.24. The van der Waals surface area contributed by atoms with E-state index in [9.17, 15) is 55.5 Å². The standard InChI is InChI=1S/C46H74O16/c1-8-9-18-58-38(56)36-33(53)32(52)35(55)40(60-36)61-37-25(49)19-42(4)27(43(37,5)21-48)13-14-45(7)28(42)11-10-24-29-23(3)22(2)12-15-46(29,17-16-44(24,45)6)41(57)62-39-34(54)31(51)30(50)26(20-47)59-39/h10,22-23,25-37,39-40,47-55H,8-9,11-21H2,1-7H3/t22-,23+,25-,26-,27-,28-,29+,30-,31+,32+,33+,34-,35-,36+,37+,39+,40?,42+,43+,44-,45-,46+/m1/s1. The van der Waals surface area contributed by atoms with Gasteiger partial charge in [-0.05, 0) is 104 Å². The Bertz CT molecular complexity index is 1680. The summed E-state index contributed by atoms with van der Waals surface area (Å²) in [4.78, 5) is 27.6. The first-order chi connectivity index (χ1) is 29.1. The summed E-state index contributed by atoms with van der Waals surface area (Å²) in [5, 5.41) is 97.5. The van der Waals surface area contributed by atoms with Gasteiger partial charge in [-0.2, -0.15) is 0 Å². The maximum atomic E-state index is 14.7. The van der Waals surface area contributed by atoms with Crippen LogP contribution in [-0.4, -0.2) is 151 Å². The predicted octanol–water partition coefficient (Wildman–Crippen LogP) is 1.47. The number of esters is 2. The lowest BCUT2D eigenvalue weighted by Crippen LogP contribution is -2.70. The van der Waals surface area contributed by atoms with Gasteiger partial charge in [0, 0.05) is 5.41 Å². The van der Waals surface area contributed by atoms with Gasteiger partial charge in [0.15, 0.2) is 12.4 Å². The first kappa shape index (κ1) is 48.1. The number of fused-ring (bicyclic) bond motifs is 7. The summed E-state index contributed by atoms with van der Waals surface area (Å²) in [7, 11) is 0. The molecule has 16 heteroatoms. The van der Waals surface area contributed by atoms with Gasteiger partial charge in [-0.1, -0.05) is 66.5 Å². The molecule has 9 N–H and O–H groups in total. The number of carbonyl (C=O) groups excluding carboxylic acids is 2. The molecule has 7 aliphatic rings. The molecule has 0 spiro atoms. The molecule has 0 aromatic carbocycles. The fourth-order valence-electron chi connectivity index (χ4n) is 14.3. The van der Waals surface area contributed by atoms with Crippen molar-refractivity contribution in [3.8, 4) is 0 Å². The number of carbonyl (C=O) groups is 2. The van der Waals surface area contributed by atoms with Crippen molar-refractivity contribution in [3.05, 3.63) is 11.6 Å². The minimum atomic E-state index is -1.80. The van der Waals surface area contributed by atoms with Crippen LogP contribution in [-0.2, 0) is 33.3 Å². The molecule has 0 amide bonds. The van der Waals surface area contributed by atoms with Gasteiger partial charge in [0.2, 0.25) is 6.29 Å². The zero-order valence-electron chi connectivity index (χ0n) is 37.5. The lowest BCUT2D eigenvalue weighted by atomic mass is 9.33. The largest absolute Gasteiger partial charge is 0.464 e. The van der Waals surface area contributed by atoms with Crippen molar-refractivity contribution in [2.45, 2.75) is 186 Å². The van der Waals surface area contributed by atoms with E-state index >= 15 is 0 Å². The number of allylic oxidation sites excluding steroid dienone is 2. The number of hydrogen-bond acceptors (Lipinski definition) is 16. The lowest BCUT2D eigenvalue weighted by molar-refractivity contribution is -0.340. The van der Waals surface area contributed by atoms with Crippen molar-refractivity contribution in [2.24, 2.45) is 56.7 Å². The van der Waals surface area contributed by atoms with Gasteiger partial charge in [0.25, 0.3) is 0 Å². The highest BCUT2D eigenvalue weighted by atomic mass is 16.7. The van der Waals surface area contributed by atoms with E-state index in [4.69, 9.17) is 23.7 Å². The Balaban J connectivity index is 1.17. The highest BCUT2D eigenvalue weighted by molar-refractivity contribution is 5.79. The molecule has 2 aliphatic heterocycles. The van der Waals surface area contributed by atoms with Crippen LogP contribution in [0.1, 0.15) is 113 Å². The fourth-order valence-corrected chi connectivity index (χ4v) is 14.3. The minimum absolute atomic E-state index is 0.0321. The Hall–Kier alpha value is -1.80. The third-order valence-corrected chi connectivity index (χ3v) is 18.3. The van der Waals surface area contributed by atoms with E-state index in [1.165, 1.54) is 5.57 Å². The maximum absolute atomic E-state index is 14.7. The average Bonchev–Trinajstić information content (AvgIpc) is 3.23.